The van der Waals surface area contributed by atoms with Crippen LogP contribution in [-0.4, -0.2) is 34.7 Å². The SMILES string of the molecule is CC(C)c1ccccc1C1CN(C)CCN1I. The van der Waals surface area contributed by atoms with Crippen molar-refractivity contribution in [2.24, 2.45) is 0 Å². The molecule has 1 aliphatic heterocycles. The van der Waals surface area contributed by atoms with E-state index < -0.39 is 0 Å². The first kappa shape index (κ1) is 13.3. The highest BCUT2D eigenvalue weighted by molar-refractivity contribution is 14.1. The molecule has 0 amide bonds. The van der Waals surface area contributed by atoms with E-state index in [0.29, 0.717) is 12.0 Å². The summed E-state index contributed by atoms with van der Waals surface area (Å²) in [6.45, 7) is 8.01. The van der Waals surface area contributed by atoms with Crippen LogP contribution in [0.2, 0.25) is 0 Å². The monoisotopic (exact) mass is 344 g/mol. The van der Waals surface area contributed by atoms with Crippen molar-refractivity contribution in [2.75, 3.05) is 26.7 Å². The number of rotatable bonds is 2. The Morgan fingerprint density at radius 3 is 2.65 bits per heavy atom. The van der Waals surface area contributed by atoms with Crippen LogP contribution in [0.3, 0.4) is 0 Å². The summed E-state index contributed by atoms with van der Waals surface area (Å²) in [5, 5.41) is 0. The number of benzene rings is 1. The minimum absolute atomic E-state index is 0.535. The van der Waals surface area contributed by atoms with Crippen LogP contribution in [0, 0.1) is 0 Å². The summed E-state index contributed by atoms with van der Waals surface area (Å²) in [7, 11) is 2.22. The van der Waals surface area contributed by atoms with E-state index in [2.05, 4.69) is 76.0 Å². The van der Waals surface area contributed by atoms with Crippen LogP contribution in [0.25, 0.3) is 0 Å². The molecule has 0 saturated carbocycles. The summed E-state index contributed by atoms with van der Waals surface area (Å²) >= 11 is 2.48. The Labute approximate surface area is 118 Å². The van der Waals surface area contributed by atoms with Crippen molar-refractivity contribution in [1.29, 1.82) is 0 Å². The number of nitrogens with zero attached hydrogens (tertiary/aromatic N) is 2. The topological polar surface area (TPSA) is 6.48 Å². The molecule has 0 aromatic heterocycles. The molecular weight excluding hydrogens is 323 g/mol. The molecule has 1 atom stereocenters. The predicted molar refractivity (Wildman–Crippen MR) is 81.5 cm³/mol. The molecule has 0 spiro atoms. The van der Waals surface area contributed by atoms with E-state index in [0.717, 1.165) is 13.1 Å². The summed E-state index contributed by atoms with van der Waals surface area (Å²) in [5.74, 6) is 0.600. The lowest BCUT2D eigenvalue weighted by molar-refractivity contribution is 0.184. The van der Waals surface area contributed by atoms with Gasteiger partial charge in [0.2, 0.25) is 0 Å². The van der Waals surface area contributed by atoms with Crippen molar-refractivity contribution in [3.63, 3.8) is 0 Å². The summed E-state index contributed by atoms with van der Waals surface area (Å²) in [4.78, 5) is 2.43. The maximum Gasteiger partial charge on any atom is 0.0573 e. The van der Waals surface area contributed by atoms with E-state index in [1.165, 1.54) is 17.7 Å². The number of hydrogen-bond donors (Lipinski definition) is 0. The molecule has 1 saturated heterocycles. The van der Waals surface area contributed by atoms with Gasteiger partial charge in [-0.2, -0.15) is 0 Å². The van der Waals surface area contributed by atoms with Gasteiger partial charge in [-0.1, -0.05) is 38.1 Å². The highest BCUT2D eigenvalue weighted by Crippen LogP contribution is 2.32. The molecule has 94 valence electrons. The van der Waals surface area contributed by atoms with E-state index in [4.69, 9.17) is 0 Å². The summed E-state index contributed by atoms with van der Waals surface area (Å²) in [6.07, 6.45) is 0. The average Bonchev–Trinajstić information content (AvgIpc) is 2.32. The molecule has 2 nitrogen and oxygen atoms in total. The molecule has 3 heteroatoms. The first-order valence-corrected chi connectivity index (χ1v) is 7.26. The maximum absolute atomic E-state index is 2.48. The van der Waals surface area contributed by atoms with Crippen molar-refractivity contribution in [3.05, 3.63) is 35.4 Å². The van der Waals surface area contributed by atoms with Crippen molar-refractivity contribution in [1.82, 2.24) is 8.01 Å². The third kappa shape index (κ3) is 3.01. The molecule has 0 aliphatic carbocycles. The van der Waals surface area contributed by atoms with E-state index in [1.807, 2.05) is 0 Å². The minimum Gasteiger partial charge on any atom is -0.303 e. The highest BCUT2D eigenvalue weighted by atomic mass is 127. The van der Waals surface area contributed by atoms with E-state index in [-0.39, 0.29) is 0 Å². The smallest absolute Gasteiger partial charge is 0.0573 e. The molecule has 0 radical (unpaired) electrons. The zero-order valence-corrected chi connectivity index (χ0v) is 13.0. The largest absolute Gasteiger partial charge is 0.303 e. The molecule has 1 unspecified atom stereocenters. The Morgan fingerprint density at radius 2 is 1.94 bits per heavy atom. The zero-order chi connectivity index (χ0) is 12.4. The van der Waals surface area contributed by atoms with Crippen LogP contribution in [0.5, 0.6) is 0 Å². The van der Waals surface area contributed by atoms with Gasteiger partial charge in [-0.3, -0.25) is 0 Å². The summed E-state index contributed by atoms with van der Waals surface area (Å²) in [5.41, 5.74) is 3.00. The lowest BCUT2D eigenvalue weighted by Crippen LogP contribution is -2.42. The fraction of sp³-hybridized carbons (Fsp3) is 0.571. The second-order valence-electron chi connectivity index (χ2n) is 5.18. The number of piperazine rings is 1. The molecule has 1 heterocycles. The number of likely N-dealkylation sites (N-methyl/N-ethyl adjacent to an activating group) is 1. The first-order valence-electron chi connectivity index (χ1n) is 6.29. The number of halogens is 1. The van der Waals surface area contributed by atoms with Crippen molar-refractivity contribution in [2.45, 2.75) is 25.8 Å². The maximum atomic E-state index is 2.48. The average molecular weight is 344 g/mol. The van der Waals surface area contributed by atoms with Gasteiger partial charge in [-0.05, 0) is 24.1 Å². The molecular formula is C14H21IN2. The Bertz CT molecular complexity index is 378. The van der Waals surface area contributed by atoms with Gasteiger partial charge >= 0.3 is 0 Å². The van der Waals surface area contributed by atoms with Gasteiger partial charge in [0.05, 0.1) is 6.04 Å². The highest BCUT2D eigenvalue weighted by Gasteiger charge is 2.26. The molecule has 0 bridgehead atoms. The van der Waals surface area contributed by atoms with Crippen molar-refractivity contribution in [3.8, 4) is 0 Å². The van der Waals surface area contributed by atoms with Crippen LogP contribution in [0.15, 0.2) is 24.3 Å². The van der Waals surface area contributed by atoms with Crippen LogP contribution in [0.1, 0.15) is 36.9 Å². The van der Waals surface area contributed by atoms with E-state index >= 15 is 0 Å². The van der Waals surface area contributed by atoms with Crippen LogP contribution in [-0.2, 0) is 0 Å². The van der Waals surface area contributed by atoms with Crippen LogP contribution in [0.4, 0.5) is 0 Å². The molecule has 17 heavy (non-hydrogen) atoms. The van der Waals surface area contributed by atoms with Crippen LogP contribution < -0.4 is 0 Å². The minimum atomic E-state index is 0.535. The van der Waals surface area contributed by atoms with Gasteiger partial charge in [0, 0.05) is 42.5 Å². The molecule has 1 aliphatic rings. The van der Waals surface area contributed by atoms with Crippen LogP contribution >= 0.6 is 22.9 Å². The van der Waals surface area contributed by atoms with Crippen molar-refractivity contribution < 1.29 is 0 Å². The van der Waals surface area contributed by atoms with E-state index in [9.17, 15) is 0 Å². The summed E-state index contributed by atoms with van der Waals surface area (Å²) in [6, 6.07) is 9.43. The fourth-order valence-electron chi connectivity index (χ4n) is 2.49. The quantitative estimate of drug-likeness (QED) is 0.599. The Hall–Kier alpha value is -0.130. The Kier molecular flexibility index (Phi) is 4.44. The predicted octanol–water partition coefficient (Wildman–Crippen LogP) is 3.45. The molecule has 0 N–H and O–H groups in total. The van der Waals surface area contributed by atoms with Gasteiger partial charge in [0.25, 0.3) is 0 Å². The lowest BCUT2D eigenvalue weighted by Gasteiger charge is -2.37. The molecule has 1 aromatic carbocycles. The second-order valence-corrected chi connectivity index (χ2v) is 6.42. The molecule has 1 fully saturated rings. The second kappa shape index (κ2) is 5.67. The fourth-order valence-corrected chi connectivity index (χ4v) is 3.18. The summed E-state index contributed by atoms with van der Waals surface area (Å²) < 4.78 is 2.46. The van der Waals surface area contributed by atoms with Crippen molar-refractivity contribution >= 4 is 22.9 Å². The van der Waals surface area contributed by atoms with Gasteiger partial charge in [0.15, 0.2) is 0 Å². The Morgan fingerprint density at radius 1 is 1.24 bits per heavy atom. The lowest BCUT2D eigenvalue weighted by atomic mass is 9.92. The van der Waals surface area contributed by atoms with Gasteiger partial charge in [0.1, 0.15) is 0 Å². The third-order valence-electron chi connectivity index (χ3n) is 3.50. The number of hydrogen-bond acceptors (Lipinski definition) is 2. The van der Waals surface area contributed by atoms with E-state index in [1.54, 1.807) is 0 Å². The zero-order valence-electron chi connectivity index (χ0n) is 10.9. The molecule has 2 rings (SSSR count). The molecule has 1 aromatic rings. The van der Waals surface area contributed by atoms with Gasteiger partial charge in [-0.25, -0.2) is 3.11 Å². The van der Waals surface area contributed by atoms with Gasteiger partial charge in [-0.15, -0.1) is 0 Å². The Balaban J connectivity index is 2.31. The normalized spacial score (nSPS) is 23.2. The first-order chi connectivity index (χ1) is 8.09. The third-order valence-corrected chi connectivity index (χ3v) is 4.65. The standard InChI is InChI=1S/C14H21IN2/c1-11(2)12-6-4-5-7-13(12)14-10-16(3)8-9-17(14)15/h4-7,11,14H,8-10H2,1-3H3. The van der Waals surface area contributed by atoms with Gasteiger partial charge < -0.3 is 4.90 Å².